The van der Waals surface area contributed by atoms with E-state index in [9.17, 15) is 5.11 Å². The van der Waals surface area contributed by atoms with E-state index in [0.29, 0.717) is 5.75 Å². The molecule has 2 aliphatic rings. The highest BCUT2D eigenvalue weighted by Gasteiger charge is 2.30. The Kier molecular flexibility index (Phi) is 4.52. The summed E-state index contributed by atoms with van der Waals surface area (Å²) in [7, 11) is 0. The number of hydrogen-bond acceptors (Lipinski definition) is 1. The van der Waals surface area contributed by atoms with Crippen LogP contribution in [-0.4, -0.2) is 5.11 Å². The molecular weight excluding hydrogens is 292 g/mol. The highest BCUT2D eigenvalue weighted by atomic mass is 16.3. The standard InChI is InChI=1S/C23H30O/c1-16-2-4-17(5-3-16)18-6-8-19(9-7-18)20-10-11-22-15-23(24)13-12-21(22)14-20/h10-19,24H,2-9H2,1H3. The minimum Gasteiger partial charge on any atom is -0.508 e. The van der Waals surface area contributed by atoms with Crippen LogP contribution in [0.3, 0.4) is 0 Å². The van der Waals surface area contributed by atoms with Crippen molar-refractivity contribution in [2.75, 3.05) is 0 Å². The molecule has 0 heterocycles. The Morgan fingerprint density at radius 3 is 2.00 bits per heavy atom. The predicted octanol–water partition coefficient (Wildman–Crippen LogP) is 6.65. The summed E-state index contributed by atoms with van der Waals surface area (Å²) in [6.45, 7) is 2.42. The monoisotopic (exact) mass is 322 g/mol. The van der Waals surface area contributed by atoms with Crippen molar-refractivity contribution in [2.24, 2.45) is 17.8 Å². The van der Waals surface area contributed by atoms with E-state index in [1.165, 1.54) is 62.3 Å². The number of aromatic hydroxyl groups is 1. The maximum absolute atomic E-state index is 9.62. The summed E-state index contributed by atoms with van der Waals surface area (Å²) >= 11 is 0. The van der Waals surface area contributed by atoms with Crippen molar-refractivity contribution in [3.05, 3.63) is 42.0 Å². The summed E-state index contributed by atoms with van der Waals surface area (Å²) in [5, 5.41) is 12.0. The third-order valence-electron chi connectivity index (χ3n) is 6.82. The minimum atomic E-state index is 0.359. The lowest BCUT2D eigenvalue weighted by Gasteiger charge is -2.37. The topological polar surface area (TPSA) is 20.2 Å². The molecule has 0 amide bonds. The zero-order valence-electron chi connectivity index (χ0n) is 14.9. The van der Waals surface area contributed by atoms with Crippen molar-refractivity contribution >= 4 is 10.8 Å². The summed E-state index contributed by atoms with van der Waals surface area (Å²) in [6, 6.07) is 12.5. The van der Waals surface area contributed by atoms with Gasteiger partial charge in [-0.25, -0.2) is 0 Å². The third kappa shape index (κ3) is 3.31. The number of phenols is 1. The van der Waals surface area contributed by atoms with Gasteiger partial charge in [0.1, 0.15) is 5.75 Å². The first-order valence-electron chi connectivity index (χ1n) is 9.92. The molecule has 0 saturated heterocycles. The number of phenolic OH excluding ortho intramolecular Hbond substituents is 1. The van der Waals surface area contributed by atoms with Gasteiger partial charge in [0.2, 0.25) is 0 Å². The van der Waals surface area contributed by atoms with Crippen LogP contribution in [0.4, 0.5) is 0 Å². The molecular formula is C23H30O. The first-order valence-corrected chi connectivity index (χ1v) is 9.92. The van der Waals surface area contributed by atoms with Gasteiger partial charge in [-0.15, -0.1) is 0 Å². The van der Waals surface area contributed by atoms with E-state index in [-0.39, 0.29) is 0 Å². The van der Waals surface area contributed by atoms with Crippen LogP contribution < -0.4 is 0 Å². The Balaban J connectivity index is 1.41. The Bertz CT molecular complexity index is 688. The molecule has 0 spiro atoms. The number of benzene rings is 2. The van der Waals surface area contributed by atoms with E-state index in [0.717, 1.165) is 29.1 Å². The van der Waals surface area contributed by atoms with Crippen LogP contribution in [0.25, 0.3) is 10.8 Å². The van der Waals surface area contributed by atoms with Gasteiger partial charge in [0, 0.05) is 0 Å². The minimum absolute atomic E-state index is 0.359. The zero-order chi connectivity index (χ0) is 16.5. The smallest absolute Gasteiger partial charge is 0.116 e. The molecule has 0 atom stereocenters. The zero-order valence-corrected chi connectivity index (χ0v) is 14.9. The summed E-state index contributed by atoms with van der Waals surface area (Å²) < 4.78 is 0. The molecule has 2 fully saturated rings. The second-order valence-corrected chi connectivity index (χ2v) is 8.42. The van der Waals surface area contributed by atoms with Crippen molar-refractivity contribution < 1.29 is 5.11 Å². The van der Waals surface area contributed by atoms with Crippen LogP contribution in [0.5, 0.6) is 5.75 Å². The highest BCUT2D eigenvalue weighted by Crippen LogP contribution is 2.44. The van der Waals surface area contributed by atoms with E-state index in [2.05, 4.69) is 25.1 Å². The normalized spacial score (nSPS) is 31.2. The summed E-state index contributed by atoms with van der Waals surface area (Å²) in [6.07, 6.45) is 11.5. The highest BCUT2D eigenvalue weighted by molar-refractivity contribution is 5.84. The van der Waals surface area contributed by atoms with Gasteiger partial charge in [0.25, 0.3) is 0 Å². The van der Waals surface area contributed by atoms with Gasteiger partial charge in [0.05, 0.1) is 0 Å². The number of fused-ring (bicyclic) bond motifs is 1. The van der Waals surface area contributed by atoms with Crippen LogP contribution >= 0.6 is 0 Å². The van der Waals surface area contributed by atoms with Crippen LogP contribution in [0.15, 0.2) is 36.4 Å². The van der Waals surface area contributed by atoms with Crippen molar-refractivity contribution in [1.29, 1.82) is 0 Å². The van der Waals surface area contributed by atoms with Gasteiger partial charge in [-0.3, -0.25) is 0 Å². The number of rotatable bonds is 2. The summed E-state index contributed by atoms with van der Waals surface area (Å²) in [5.41, 5.74) is 1.50. The van der Waals surface area contributed by atoms with E-state index in [1.807, 2.05) is 12.1 Å². The van der Waals surface area contributed by atoms with Crippen molar-refractivity contribution in [3.8, 4) is 5.75 Å². The molecule has 2 aromatic rings. The first-order chi connectivity index (χ1) is 11.7. The molecule has 2 saturated carbocycles. The Morgan fingerprint density at radius 2 is 1.29 bits per heavy atom. The molecule has 0 aliphatic heterocycles. The van der Waals surface area contributed by atoms with Gasteiger partial charge in [0.15, 0.2) is 0 Å². The average Bonchev–Trinajstić information content (AvgIpc) is 2.62. The second-order valence-electron chi connectivity index (χ2n) is 8.42. The Morgan fingerprint density at radius 1 is 0.708 bits per heavy atom. The van der Waals surface area contributed by atoms with Crippen LogP contribution in [-0.2, 0) is 0 Å². The van der Waals surface area contributed by atoms with Crippen LogP contribution in [0.1, 0.15) is 69.8 Å². The van der Waals surface area contributed by atoms with Gasteiger partial charge < -0.3 is 5.11 Å². The van der Waals surface area contributed by atoms with Crippen molar-refractivity contribution in [3.63, 3.8) is 0 Å². The van der Waals surface area contributed by atoms with Gasteiger partial charge in [-0.2, -0.15) is 0 Å². The molecule has 2 aliphatic carbocycles. The summed E-state index contributed by atoms with van der Waals surface area (Å²) in [5.74, 6) is 4.07. The van der Waals surface area contributed by atoms with Crippen LogP contribution in [0, 0.1) is 17.8 Å². The molecule has 24 heavy (non-hydrogen) atoms. The lowest BCUT2D eigenvalue weighted by atomic mass is 9.68. The fourth-order valence-electron chi connectivity index (χ4n) is 5.19. The van der Waals surface area contributed by atoms with Gasteiger partial charge in [-0.1, -0.05) is 44.0 Å². The lowest BCUT2D eigenvalue weighted by molar-refractivity contribution is 0.165. The van der Waals surface area contributed by atoms with Gasteiger partial charge >= 0.3 is 0 Å². The molecule has 0 radical (unpaired) electrons. The second kappa shape index (κ2) is 6.78. The molecule has 1 heteroatoms. The van der Waals surface area contributed by atoms with Gasteiger partial charge in [-0.05, 0) is 90.7 Å². The lowest BCUT2D eigenvalue weighted by Crippen LogP contribution is -2.24. The summed E-state index contributed by atoms with van der Waals surface area (Å²) in [4.78, 5) is 0. The fourth-order valence-corrected chi connectivity index (χ4v) is 5.19. The molecule has 1 nitrogen and oxygen atoms in total. The molecule has 4 rings (SSSR count). The van der Waals surface area contributed by atoms with E-state index < -0.39 is 0 Å². The molecule has 0 unspecified atom stereocenters. The Labute approximate surface area is 146 Å². The van der Waals surface area contributed by atoms with Crippen molar-refractivity contribution in [1.82, 2.24) is 0 Å². The molecule has 0 aromatic heterocycles. The van der Waals surface area contributed by atoms with Crippen LogP contribution in [0.2, 0.25) is 0 Å². The predicted molar refractivity (Wildman–Crippen MR) is 101 cm³/mol. The third-order valence-corrected chi connectivity index (χ3v) is 6.82. The SMILES string of the molecule is CC1CCC(C2CCC(c3ccc4cc(O)ccc4c3)CC2)CC1. The molecule has 0 bridgehead atoms. The molecule has 2 aromatic carbocycles. The fraction of sp³-hybridized carbons (Fsp3) is 0.565. The number of hydrogen-bond donors (Lipinski definition) is 1. The maximum atomic E-state index is 9.62. The molecule has 1 N–H and O–H groups in total. The average molecular weight is 322 g/mol. The Hall–Kier alpha value is -1.50. The van der Waals surface area contributed by atoms with E-state index >= 15 is 0 Å². The van der Waals surface area contributed by atoms with Crippen molar-refractivity contribution in [2.45, 2.75) is 64.2 Å². The maximum Gasteiger partial charge on any atom is 0.116 e. The largest absolute Gasteiger partial charge is 0.508 e. The molecule has 128 valence electrons. The van der Waals surface area contributed by atoms with E-state index in [1.54, 1.807) is 6.07 Å². The van der Waals surface area contributed by atoms with E-state index in [4.69, 9.17) is 0 Å². The quantitative estimate of drug-likeness (QED) is 0.656. The first kappa shape index (κ1) is 16.0.